The quantitative estimate of drug-likeness (QED) is 0.426. The van der Waals surface area contributed by atoms with Crippen LogP contribution in [0.2, 0.25) is 0 Å². The molecule has 1 aromatic rings. The van der Waals surface area contributed by atoms with Gasteiger partial charge in [-0.1, -0.05) is 56.2 Å². The molecular formula is C23H35N3O4. The maximum Gasteiger partial charge on any atom is 0.408 e. The zero-order valence-corrected chi connectivity index (χ0v) is 18.6. The average Bonchev–Trinajstić information content (AvgIpc) is 2.68. The van der Waals surface area contributed by atoms with E-state index in [1.807, 2.05) is 18.2 Å². The van der Waals surface area contributed by atoms with Crippen LogP contribution < -0.4 is 10.6 Å². The summed E-state index contributed by atoms with van der Waals surface area (Å²) in [6.07, 6.45) is 3.82. The van der Waals surface area contributed by atoms with E-state index in [0.717, 1.165) is 19.3 Å². The van der Waals surface area contributed by atoms with E-state index < -0.39 is 23.6 Å². The summed E-state index contributed by atoms with van der Waals surface area (Å²) in [6.45, 7) is 11.5. The van der Waals surface area contributed by atoms with E-state index in [9.17, 15) is 14.4 Å². The van der Waals surface area contributed by atoms with E-state index in [2.05, 4.69) is 24.1 Å². The Bertz CT molecular complexity index is 698. The lowest BCUT2D eigenvalue weighted by molar-refractivity contribution is -0.139. The Labute approximate surface area is 179 Å². The summed E-state index contributed by atoms with van der Waals surface area (Å²) in [5.41, 5.74) is 0.0248. The fourth-order valence-corrected chi connectivity index (χ4v) is 2.85. The highest BCUT2D eigenvalue weighted by Crippen LogP contribution is 2.21. The Kier molecular flexibility index (Phi) is 10.6. The molecule has 0 bridgehead atoms. The first-order chi connectivity index (χ1) is 14.2. The highest BCUT2D eigenvalue weighted by atomic mass is 16.6. The lowest BCUT2D eigenvalue weighted by Gasteiger charge is -2.31. The standard InChI is InChI=1S/C23H35N3O4/c1-6-8-12-15-24-21(28)20(18-13-10-9-11-14-18)26(16-7-2)19(27)17-25-22(29)30-23(3,4)5/h7,9-11,13-14,20H,2,6,8,12,15-17H2,1,3-5H3,(H,24,28)(H,25,29). The summed E-state index contributed by atoms with van der Waals surface area (Å²) < 4.78 is 5.18. The number of unbranched alkanes of at least 4 members (excludes halogenated alkanes) is 2. The van der Waals surface area contributed by atoms with Gasteiger partial charge in [0.2, 0.25) is 11.8 Å². The molecule has 0 saturated carbocycles. The molecule has 30 heavy (non-hydrogen) atoms. The van der Waals surface area contributed by atoms with Gasteiger partial charge in [0.15, 0.2) is 0 Å². The third kappa shape index (κ3) is 9.11. The van der Waals surface area contributed by atoms with E-state index in [4.69, 9.17) is 4.74 Å². The van der Waals surface area contributed by atoms with Crippen LogP contribution in [0, 0.1) is 0 Å². The first-order valence-corrected chi connectivity index (χ1v) is 10.4. The third-order valence-corrected chi connectivity index (χ3v) is 4.18. The van der Waals surface area contributed by atoms with Crippen LogP contribution in [0.1, 0.15) is 58.6 Å². The van der Waals surface area contributed by atoms with Crippen molar-refractivity contribution in [3.8, 4) is 0 Å². The number of hydrogen-bond donors (Lipinski definition) is 2. The number of hydrogen-bond acceptors (Lipinski definition) is 4. The van der Waals surface area contributed by atoms with Crippen LogP contribution in [0.15, 0.2) is 43.0 Å². The summed E-state index contributed by atoms with van der Waals surface area (Å²) in [7, 11) is 0. The van der Waals surface area contributed by atoms with Crippen molar-refractivity contribution in [3.05, 3.63) is 48.6 Å². The molecule has 166 valence electrons. The smallest absolute Gasteiger partial charge is 0.408 e. The number of benzene rings is 1. The molecule has 0 spiro atoms. The first-order valence-electron chi connectivity index (χ1n) is 10.4. The van der Waals surface area contributed by atoms with E-state index in [1.165, 1.54) is 4.90 Å². The molecule has 3 amide bonds. The highest BCUT2D eigenvalue weighted by molar-refractivity contribution is 5.90. The molecule has 1 unspecified atom stereocenters. The summed E-state index contributed by atoms with van der Waals surface area (Å²) >= 11 is 0. The van der Waals surface area contributed by atoms with Crippen molar-refractivity contribution in [2.24, 2.45) is 0 Å². The average molecular weight is 418 g/mol. The maximum atomic E-state index is 13.0. The van der Waals surface area contributed by atoms with Gasteiger partial charge in [-0.05, 0) is 32.8 Å². The molecule has 7 nitrogen and oxygen atoms in total. The minimum Gasteiger partial charge on any atom is -0.444 e. The van der Waals surface area contributed by atoms with Crippen molar-refractivity contribution in [1.29, 1.82) is 0 Å². The fourth-order valence-electron chi connectivity index (χ4n) is 2.85. The van der Waals surface area contributed by atoms with E-state index in [1.54, 1.807) is 39.0 Å². The zero-order chi connectivity index (χ0) is 22.6. The Morgan fingerprint density at radius 3 is 2.37 bits per heavy atom. The number of rotatable bonds is 11. The van der Waals surface area contributed by atoms with Crippen LogP contribution in [0.3, 0.4) is 0 Å². The molecule has 0 radical (unpaired) electrons. The largest absolute Gasteiger partial charge is 0.444 e. The number of alkyl carbamates (subject to hydrolysis) is 1. The second kappa shape index (κ2) is 12.7. The van der Waals surface area contributed by atoms with Crippen LogP contribution >= 0.6 is 0 Å². The number of carbonyl (C=O) groups is 3. The fraction of sp³-hybridized carbons (Fsp3) is 0.522. The Morgan fingerprint density at radius 2 is 1.80 bits per heavy atom. The van der Waals surface area contributed by atoms with Gasteiger partial charge >= 0.3 is 6.09 Å². The van der Waals surface area contributed by atoms with Crippen molar-refractivity contribution in [1.82, 2.24) is 15.5 Å². The van der Waals surface area contributed by atoms with Gasteiger partial charge in [0.05, 0.1) is 0 Å². The lowest BCUT2D eigenvalue weighted by atomic mass is 10.0. The van der Waals surface area contributed by atoms with E-state index >= 15 is 0 Å². The monoisotopic (exact) mass is 417 g/mol. The van der Waals surface area contributed by atoms with Crippen LogP contribution in [0.25, 0.3) is 0 Å². The predicted octanol–water partition coefficient (Wildman–Crippen LogP) is 3.57. The predicted molar refractivity (Wildman–Crippen MR) is 118 cm³/mol. The number of carbonyl (C=O) groups excluding carboxylic acids is 3. The van der Waals surface area contributed by atoms with Gasteiger partial charge in [-0.3, -0.25) is 9.59 Å². The molecule has 2 N–H and O–H groups in total. The molecule has 0 fully saturated rings. The number of ether oxygens (including phenoxy) is 1. The molecular weight excluding hydrogens is 382 g/mol. The molecule has 0 saturated heterocycles. The van der Waals surface area contributed by atoms with Crippen molar-refractivity contribution in [3.63, 3.8) is 0 Å². The topological polar surface area (TPSA) is 87.7 Å². The minimum atomic E-state index is -0.821. The molecule has 1 rings (SSSR count). The van der Waals surface area contributed by atoms with Gasteiger partial charge in [0.1, 0.15) is 18.2 Å². The van der Waals surface area contributed by atoms with E-state index in [-0.39, 0.29) is 19.0 Å². The Balaban J connectivity index is 2.97. The molecule has 0 aliphatic carbocycles. The van der Waals surface area contributed by atoms with Crippen molar-refractivity contribution in [2.45, 2.75) is 58.6 Å². The molecule has 0 aliphatic heterocycles. The SMILES string of the molecule is C=CCN(C(=O)CNC(=O)OC(C)(C)C)C(C(=O)NCCCCC)c1ccccc1. The van der Waals surface area contributed by atoms with Gasteiger partial charge in [-0.15, -0.1) is 6.58 Å². The Hall–Kier alpha value is -2.83. The summed E-state index contributed by atoms with van der Waals surface area (Å²) in [6, 6.07) is 8.29. The minimum absolute atomic E-state index is 0.163. The lowest BCUT2D eigenvalue weighted by Crippen LogP contribution is -2.48. The van der Waals surface area contributed by atoms with Crippen molar-refractivity contribution >= 4 is 17.9 Å². The van der Waals surface area contributed by atoms with Crippen LogP contribution in [-0.2, 0) is 14.3 Å². The Morgan fingerprint density at radius 1 is 1.13 bits per heavy atom. The van der Waals surface area contributed by atoms with Crippen LogP contribution in [0.4, 0.5) is 4.79 Å². The molecule has 7 heteroatoms. The number of nitrogens with zero attached hydrogens (tertiary/aromatic N) is 1. The maximum absolute atomic E-state index is 13.0. The third-order valence-electron chi connectivity index (χ3n) is 4.18. The molecule has 1 aromatic carbocycles. The van der Waals surface area contributed by atoms with Gasteiger partial charge in [0.25, 0.3) is 0 Å². The van der Waals surface area contributed by atoms with Crippen LogP contribution in [0.5, 0.6) is 0 Å². The molecule has 0 heterocycles. The number of nitrogens with one attached hydrogen (secondary N) is 2. The van der Waals surface area contributed by atoms with E-state index in [0.29, 0.717) is 12.1 Å². The van der Waals surface area contributed by atoms with Crippen LogP contribution in [-0.4, -0.2) is 48.0 Å². The summed E-state index contributed by atoms with van der Waals surface area (Å²) in [4.78, 5) is 39.3. The van der Waals surface area contributed by atoms with Gasteiger partial charge < -0.3 is 20.3 Å². The second-order valence-electron chi connectivity index (χ2n) is 8.00. The number of amides is 3. The normalized spacial score (nSPS) is 11.9. The van der Waals surface area contributed by atoms with Gasteiger partial charge in [-0.2, -0.15) is 0 Å². The molecule has 1 atom stereocenters. The molecule has 0 aromatic heterocycles. The highest BCUT2D eigenvalue weighted by Gasteiger charge is 2.30. The zero-order valence-electron chi connectivity index (χ0n) is 18.6. The second-order valence-corrected chi connectivity index (χ2v) is 8.00. The van der Waals surface area contributed by atoms with Crippen molar-refractivity contribution < 1.29 is 19.1 Å². The van der Waals surface area contributed by atoms with Gasteiger partial charge in [-0.25, -0.2) is 4.79 Å². The van der Waals surface area contributed by atoms with Crippen molar-refractivity contribution in [2.75, 3.05) is 19.6 Å². The summed E-state index contributed by atoms with van der Waals surface area (Å²) in [5, 5.41) is 5.39. The molecule has 0 aliphatic rings. The first kappa shape index (κ1) is 25.2. The van der Waals surface area contributed by atoms with Gasteiger partial charge in [0, 0.05) is 13.1 Å². The summed E-state index contributed by atoms with van der Waals surface area (Å²) in [5.74, 6) is -0.664.